The maximum Gasteiger partial charge on any atom is 0.137 e. The highest BCUT2D eigenvalue weighted by Crippen LogP contribution is 2.33. The second kappa shape index (κ2) is 5.04. The number of methoxy groups -OCH3 is 1. The Morgan fingerprint density at radius 2 is 2.12 bits per heavy atom. The molecular weight excluding hydrogens is 226 g/mol. The maximum atomic E-state index is 9.43. The zero-order valence-corrected chi connectivity index (χ0v) is 10.6. The average Bonchev–Trinajstić information content (AvgIpc) is 2.30. The molecule has 4 heteroatoms. The van der Waals surface area contributed by atoms with E-state index in [9.17, 15) is 5.11 Å². The van der Waals surface area contributed by atoms with Gasteiger partial charge >= 0.3 is 0 Å². The second-order valence-electron chi connectivity index (χ2n) is 4.22. The van der Waals surface area contributed by atoms with E-state index in [1.165, 1.54) is 0 Å². The van der Waals surface area contributed by atoms with Crippen molar-refractivity contribution in [1.82, 2.24) is 0 Å². The fourth-order valence-electron chi connectivity index (χ4n) is 1.72. The molecule has 0 saturated heterocycles. The number of nitrogens with two attached hydrogens (primary N) is 1. The Bertz CT molecular complexity index is 376. The highest BCUT2D eigenvalue weighted by Gasteiger charge is 2.26. The lowest BCUT2D eigenvalue weighted by Gasteiger charge is -2.28. The predicted octanol–water partition coefficient (Wildman–Crippen LogP) is 1.87. The van der Waals surface area contributed by atoms with Crippen LogP contribution in [0.2, 0.25) is 5.02 Å². The van der Waals surface area contributed by atoms with Crippen molar-refractivity contribution in [2.24, 2.45) is 5.73 Å². The Morgan fingerprint density at radius 3 is 2.56 bits per heavy atom. The number of aliphatic hydroxyl groups is 1. The normalized spacial score (nSPS) is 14.6. The molecule has 3 N–H and O–H groups in total. The molecule has 1 aromatic rings. The van der Waals surface area contributed by atoms with Gasteiger partial charge in [0.15, 0.2) is 0 Å². The van der Waals surface area contributed by atoms with Gasteiger partial charge in [0.2, 0.25) is 0 Å². The minimum absolute atomic E-state index is 0.00695. The molecule has 1 unspecified atom stereocenters. The quantitative estimate of drug-likeness (QED) is 0.849. The van der Waals surface area contributed by atoms with Crippen LogP contribution < -0.4 is 10.5 Å². The van der Waals surface area contributed by atoms with Crippen LogP contribution in [-0.2, 0) is 5.41 Å². The van der Waals surface area contributed by atoms with Crippen molar-refractivity contribution in [3.05, 3.63) is 28.3 Å². The molecule has 0 aliphatic rings. The number of rotatable bonds is 4. The summed E-state index contributed by atoms with van der Waals surface area (Å²) >= 11 is 6.07. The summed E-state index contributed by atoms with van der Waals surface area (Å²) in [6, 6.07) is 3.68. The fraction of sp³-hybridized carbons (Fsp3) is 0.500. The Kier molecular flexibility index (Phi) is 4.19. The zero-order valence-electron chi connectivity index (χ0n) is 9.88. The molecule has 90 valence electrons. The number of ether oxygens (including phenoxy) is 1. The largest absolute Gasteiger partial charge is 0.495 e. The number of aryl methyl sites for hydroxylation is 1. The third-order valence-electron chi connectivity index (χ3n) is 2.95. The summed E-state index contributed by atoms with van der Waals surface area (Å²) in [4.78, 5) is 0. The first-order valence-electron chi connectivity index (χ1n) is 5.14. The molecule has 0 aliphatic heterocycles. The molecule has 0 fully saturated rings. The van der Waals surface area contributed by atoms with Crippen molar-refractivity contribution in [3.63, 3.8) is 0 Å². The molecule has 1 atom stereocenters. The monoisotopic (exact) mass is 243 g/mol. The topological polar surface area (TPSA) is 55.5 Å². The van der Waals surface area contributed by atoms with Gasteiger partial charge in [0, 0.05) is 12.0 Å². The smallest absolute Gasteiger partial charge is 0.137 e. The van der Waals surface area contributed by atoms with Gasteiger partial charge in [-0.2, -0.15) is 0 Å². The molecule has 0 radical (unpaired) electrons. The van der Waals surface area contributed by atoms with E-state index in [-0.39, 0.29) is 6.61 Å². The lowest BCUT2D eigenvalue weighted by molar-refractivity contribution is 0.209. The summed E-state index contributed by atoms with van der Waals surface area (Å²) in [5, 5.41) is 9.96. The summed E-state index contributed by atoms with van der Waals surface area (Å²) in [5.41, 5.74) is 7.22. The summed E-state index contributed by atoms with van der Waals surface area (Å²) < 4.78 is 5.14. The molecule has 3 nitrogen and oxygen atoms in total. The minimum Gasteiger partial charge on any atom is -0.495 e. The van der Waals surface area contributed by atoms with Crippen LogP contribution in [-0.4, -0.2) is 25.4 Å². The minimum atomic E-state index is -0.458. The van der Waals surface area contributed by atoms with E-state index >= 15 is 0 Å². The predicted molar refractivity (Wildman–Crippen MR) is 66.2 cm³/mol. The molecular formula is C12H18ClNO2. The van der Waals surface area contributed by atoms with Crippen LogP contribution in [0.5, 0.6) is 5.75 Å². The number of halogens is 1. The van der Waals surface area contributed by atoms with Crippen LogP contribution in [0.25, 0.3) is 0 Å². The van der Waals surface area contributed by atoms with Gasteiger partial charge in [-0.05, 0) is 30.2 Å². The van der Waals surface area contributed by atoms with Gasteiger partial charge in [0.25, 0.3) is 0 Å². The lowest BCUT2D eigenvalue weighted by atomic mass is 9.81. The first-order chi connectivity index (χ1) is 7.48. The van der Waals surface area contributed by atoms with Gasteiger partial charge < -0.3 is 15.6 Å². The molecule has 16 heavy (non-hydrogen) atoms. The molecule has 0 saturated carbocycles. The van der Waals surface area contributed by atoms with Gasteiger partial charge in [-0.1, -0.05) is 18.5 Å². The summed E-state index contributed by atoms with van der Waals surface area (Å²) in [7, 11) is 1.58. The Labute approximate surface area is 101 Å². The van der Waals surface area contributed by atoms with Crippen molar-refractivity contribution in [3.8, 4) is 5.75 Å². The summed E-state index contributed by atoms with van der Waals surface area (Å²) in [6.07, 6.45) is 0. The van der Waals surface area contributed by atoms with Crippen LogP contribution in [0.4, 0.5) is 0 Å². The number of aliphatic hydroxyl groups excluding tert-OH is 1. The van der Waals surface area contributed by atoms with E-state index in [0.29, 0.717) is 17.3 Å². The summed E-state index contributed by atoms with van der Waals surface area (Å²) in [5.74, 6) is 0.639. The first-order valence-corrected chi connectivity index (χ1v) is 5.52. The SMILES string of the molecule is COc1cc(C)c(C(C)(CN)CO)cc1Cl. The highest BCUT2D eigenvalue weighted by atomic mass is 35.5. The Hall–Kier alpha value is -0.770. The van der Waals surface area contributed by atoms with Gasteiger partial charge in [-0.15, -0.1) is 0 Å². The van der Waals surface area contributed by atoms with Gasteiger partial charge in [-0.25, -0.2) is 0 Å². The number of hydrogen-bond donors (Lipinski definition) is 2. The standard InChI is InChI=1S/C12H18ClNO2/c1-8-4-11(16-3)10(13)5-9(8)12(2,6-14)7-15/h4-5,15H,6-7,14H2,1-3H3. The Balaban J connectivity index is 3.30. The highest BCUT2D eigenvalue weighted by molar-refractivity contribution is 6.32. The molecule has 1 aromatic carbocycles. The van der Waals surface area contributed by atoms with E-state index in [1.807, 2.05) is 26.0 Å². The van der Waals surface area contributed by atoms with Crippen LogP contribution in [0.1, 0.15) is 18.1 Å². The third kappa shape index (κ3) is 2.32. The van der Waals surface area contributed by atoms with Crippen LogP contribution >= 0.6 is 11.6 Å². The third-order valence-corrected chi connectivity index (χ3v) is 3.24. The first kappa shape index (κ1) is 13.3. The van der Waals surface area contributed by atoms with E-state index in [2.05, 4.69) is 0 Å². The van der Waals surface area contributed by atoms with Crippen molar-refractivity contribution in [2.75, 3.05) is 20.3 Å². The van der Waals surface area contributed by atoms with E-state index in [0.717, 1.165) is 11.1 Å². The summed E-state index contributed by atoms with van der Waals surface area (Å²) in [6.45, 7) is 4.23. The molecule has 0 amide bonds. The van der Waals surface area contributed by atoms with Crippen molar-refractivity contribution in [1.29, 1.82) is 0 Å². The van der Waals surface area contributed by atoms with Crippen molar-refractivity contribution >= 4 is 11.6 Å². The zero-order chi connectivity index (χ0) is 12.3. The van der Waals surface area contributed by atoms with E-state index in [1.54, 1.807) is 7.11 Å². The second-order valence-corrected chi connectivity index (χ2v) is 4.63. The van der Waals surface area contributed by atoms with Crippen LogP contribution in [0.3, 0.4) is 0 Å². The number of hydrogen-bond acceptors (Lipinski definition) is 3. The lowest BCUT2D eigenvalue weighted by Crippen LogP contribution is -2.36. The molecule has 0 heterocycles. The van der Waals surface area contributed by atoms with E-state index in [4.69, 9.17) is 22.1 Å². The van der Waals surface area contributed by atoms with Crippen molar-refractivity contribution in [2.45, 2.75) is 19.3 Å². The van der Waals surface area contributed by atoms with Crippen LogP contribution in [0.15, 0.2) is 12.1 Å². The molecule has 0 bridgehead atoms. The molecule has 1 rings (SSSR count). The molecule has 0 aliphatic carbocycles. The fourth-order valence-corrected chi connectivity index (χ4v) is 1.96. The average molecular weight is 244 g/mol. The van der Waals surface area contributed by atoms with Crippen molar-refractivity contribution < 1.29 is 9.84 Å². The van der Waals surface area contributed by atoms with E-state index < -0.39 is 5.41 Å². The number of benzene rings is 1. The van der Waals surface area contributed by atoms with Gasteiger partial charge in [0.1, 0.15) is 5.75 Å². The maximum absolute atomic E-state index is 9.43. The van der Waals surface area contributed by atoms with Gasteiger partial charge in [-0.3, -0.25) is 0 Å². The van der Waals surface area contributed by atoms with Crippen LogP contribution in [0, 0.1) is 6.92 Å². The molecule has 0 spiro atoms. The molecule has 0 aromatic heterocycles. The van der Waals surface area contributed by atoms with Gasteiger partial charge in [0.05, 0.1) is 18.7 Å². The Morgan fingerprint density at radius 1 is 1.50 bits per heavy atom.